The standard InChI is InChI=1S/C17H16FN7OS/c1-10-7-24-8-11(6-12(18)15(24)21-10)25-9-20-14-13(16(25)26)27-17(22-14)23-4-2-19-3-5-23/h6-9,19H,2-5H2,1H3. The molecular weight excluding hydrogens is 369 g/mol. The number of aromatic nitrogens is 5. The third-order valence-corrected chi connectivity index (χ3v) is 5.68. The molecule has 0 aromatic carbocycles. The number of hydrogen-bond acceptors (Lipinski definition) is 7. The summed E-state index contributed by atoms with van der Waals surface area (Å²) < 4.78 is 17.8. The molecule has 0 radical (unpaired) electrons. The largest absolute Gasteiger partial charge is 0.345 e. The van der Waals surface area contributed by atoms with Gasteiger partial charge in [-0.3, -0.25) is 9.36 Å². The van der Waals surface area contributed by atoms with Gasteiger partial charge < -0.3 is 14.6 Å². The number of pyridine rings is 1. The SMILES string of the molecule is Cc1cn2cc(-n3cnc4nc(N5CCNCC5)sc4c3=O)cc(F)c2n1. The van der Waals surface area contributed by atoms with Crippen LogP contribution >= 0.6 is 11.3 Å². The molecule has 0 amide bonds. The number of anilines is 1. The highest BCUT2D eigenvalue weighted by Gasteiger charge is 2.18. The minimum Gasteiger partial charge on any atom is -0.345 e. The molecule has 0 bridgehead atoms. The number of rotatable bonds is 2. The van der Waals surface area contributed by atoms with Crippen molar-refractivity contribution in [3.63, 3.8) is 0 Å². The van der Waals surface area contributed by atoms with Crippen LogP contribution in [0.25, 0.3) is 21.7 Å². The molecule has 0 unspecified atom stereocenters. The number of aryl methyl sites for hydroxylation is 1. The van der Waals surface area contributed by atoms with Crippen molar-refractivity contribution in [2.24, 2.45) is 0 Å². The molecule has 1 saturated heterocycles. The Morgan fingerprint density at radius 2 is 2.04 bits per heavy atom. The first kappa shape index (κ1) is 16.3. The first-order valence-electron chi connectivity index (χ1n) is 8.59. The summed E-state index contributed by atoms with van der Waals surface area (Å²) in [4.78, 5) is 28.1. The second-order valence-electron chi connectivity index (χ2n) is 6.47. The predicted octanol–water partition coefficient (Wildman–Crippen LogP) is 1.35. The number of piperazine rings is 1. The average Bonchev–Trinajstić information content (AvgIpc) is 3.26. The molecule has 0 spiro atoms. The van der Waals surface area contributed by atoms with E-state index >= 15 is 0 Å². The van der Waals surface area contributed by atoms with Gasteiger partial charge in [0, 0.05) is 44.6 Å². The highest BCUT2D eigenvalue weighted by Crippen LogP contribution is 2.26. The number of nitrogens with zero attached hydrogens (tertiary/aromatic N) is 6. The lowest BCUT2D eigenvalue weighted by Crippen LogP contribution is -2.43. The van der Waals surface area contributed by atoms with Gasteiger partial charge in [-0.25, -0.2) is 14.4 Å². The van der Waals surface area contributed by atoms with E-state index in [-0.39, 0.29) is 11.2 Å². The minimum absolute atomic E-state index is 0.233. The van der Waals surface area contributed by atoms with Crippen molar-refractivity contribution in [2.75, 3.05) is 31.1 Å². The minimum atomic E-state index is -0.488. The fraction of sp³-hybridized carbons (Fsp3) is 0.294. The van der Waals surface area contributed by atoms with Crippen LogP contribution in [0.3, 0.4) is 0 Å². The van der Waals surface area contributed by atoms with Crippen LogP contribution < -0.4 is 15.8 Å². The molecule has 1 aliphatic heterocycles. The molecule has 1 fully saturated rings. The lowest BCUT2D eigenvalue weighted by Gasteiger charge is -2.26. The Kier molecular flexibility index (Phi) is 3.69. The van der Waals surface area contributed by atoms with E-state index in [4.69, 9.17) is 0 Å². The maximum atomic E-state index is 14.4. The van der Waals surface area contributed by atoms with Crippen molar-refractivity contribution in [2.45, 2.75) is 6.92 Å². The zero-order chi connectivity index (χ0) is 18.5. The van der Waals surface area contributed by atoms with Gasteiger partial charge in [0.15, 0.2) is 22.2 Å². The molecule has 5 rings (SSSR count). The summed E-state index contributed by atoms with van der Waals surface area (Å²) >= 11 is 1.33. The lowest BCUT2D eigenvalue weighted by atomic mass is 10.4. The van der Waals surface area contributed by atoms with E-state index in [1.807, 2.05) is 0 Å². The van der Waals surface area contributed by atoms with Gasteiger partial charge in [-0.1, -0.05) is 11.3 Å². The molecule has 8 nitrogen and oxygen atoms in total. The number of thiazole rings is 1. The van der Waals surface area contributed by atoms with Crippen molar-refractivity contribution in [3.05, 3.63) is 46.7 Å². The summed E-state index contributed by atoms with van der Waals surface area (Å²) in [5, 5.41) is 4.08. The molecular formula is C17H16FN7OS. The van der Waals surface area contributed by atoms with Crippen LogP contribution in [-0.4, -0.2) is 50.1 Å². The molecule has 27 heavy (non-hydrogen) atoms. The van der Waals surface area contributed by atoms with E-state index in [2.05, 4.69) is 25.2 Å². The highest BCUT2D eigenvalue weighted by atomic mass is 32.1. The Labute approximate surface area is 156 Å². The van der Waals surface area contributed by atoms with Crippen LogP contribution in [0.4, 0.5) is 9.52 Å². The maximum Gasteiger partial charge on any atom is 0.277 e. The van der Waals surface area contributed by atoms with Crippen molar-refractivity contribution in [1.29, 1.82) is 0 Å². The zero-order valence-corrected chi connectivity index (χ0v) is 15.3. The highest BCUT2D eigenvalue weighted by molar-refractivity contribution is 7.22. The molecule has 1 aliphatic rings. The normalized spacial score (nSPS) is 15.1. The summed E-state index contributed by atoms with van der Waals surface area (Å²) in [7, 11) is 0. The third kappa shape index (κ3) is 2.68. The number of fused-ring (bicyclic) bond motifs is 2. The second-order valence-corrected chi connectivity index (χ2v) is 7.44. The number of halogens is 1. The van der Waals surface area contributed by atoms with Gasteiger partial charge in [0.25, 0.3) is 5.56 Å². The molecule has 0 atom stereocenters. The van der Waals surface area contributed by atoms with Crippen LogP contribution in [0, 0.1) is 12.7 Å². The molecule has 1 N–H and O–H groups in total. The van der Waals surface area contributed by atoms with Crippen molar-refractivity contribution in [3.8, 4) is 5.69 Å². The van der Waals surface area contributed by atoms with Crippen molar-refractivity contribution in [1.82, 2.24) is 29.2 Å². The monoisotopic (exact) mass is 385 g/mol. The van der Waals surface area contributed by atoms with Gasteiger partial charge in [-0.05, 0) is 6.92 Å². The van der Waals surface area contributed by atoms with E-state index in [0.29, 0.717) is 21.7 Å². The zero-order valence-electron chi connectivity index (χ0n) is 14.5. The summed E-state index contributed by atoms with van der Waals surface area (Å²) in [5.41, 5.74) is 1.51. The summed E-state index contributed by atoms with van der Waals surface area (Å²) in [5.74, 6) is -0.488. The van der Waals surface area contributed by atoms with Gasteiger partial charge >= 0.3 is 0 Å². The molecule has 5 heterocycles. The summed E-state index contributed by atoms with van der Waals surface area (Å²) in [6, 6.07) is 1.30. The second kappa shape index (κ2) is 6.10. The summed E-state index contributed by atoms with van der Waals surface area (Å²) in [6.45, 7) is 5.25. The first-order chi connectivity index (χ1) is 13.1. The van der Waals surface area contributed by atoms with Gasteiger partial charge in [0.2, 0.25) is 0 Å². The Balaban J connectivity index is 1.63. The topological polar surface area (TPSA) is 80.4 Å². The van der Waals surface area contributed by atoms with E-state index in [0.717, 1.165) is 31.3 Å². The molecule has 0 aliphatic carbocycles. The van der Waals surface area contributed by atoms with Gasteiger partial charge in [-0.15, -0.1) is 0 Å². The molecule has 138 valence electrons. The smallest absolute Gasteiger partial charge is 0.277 e. The van der Waals surface area contributed by atoms with Crippen LogP contribution in [-0.2, 0) is 0 Å². The Morgan fingerprint density at radius 1 is 1.22 bits per heavy atom. The lowest BCUT2D eigenvalue weighted by molar-refractivity contribution is 0.588. The van der Waals surface area contributed by atoms with Crippen molar-refractivity contribution >= 4 is 32.5 Å². The van der Waals surface area contributed by atoms with Crippen molar-refractivity contribution < 1.29 is 4.39 Å². The average molecular weight is 385 g/mol. The Morgan fingerprint density at radius 3 is 2.85 bits per heavy atom. The van der Waals surface area contributed by atoms with E-state index in [9.17, 15) is 9.18 Å². The van der Waals surface area contributed by atoms with E-state index in [1.165, 1.54) is 28.3 Å². The number of nitrogens with one attached hydrogen (secondary N) is 1. The molecule has 10 heteroatoms. The Bertz CT molecular complexity index is 1220. The molecule has 4 aromatic rings. The summed E-state index contributed by atoms with van der Waals surface area (Å²) in [6.07, 6.45) is 4.79. The van der Waals surface area contributed by atoms with Crippen LogP contribution in [0.15, 0.2) is 29.6 Å². The van der Waals surface area contributed by atoms with Gasteiger partial charge in [0.1, 0.15) is 11.0 Å². The van der Waals surface area contributed by atoms with Gasteiger partial charge in [0.05, 0.1) is 11.4 Å². The predicted molar refractivity (Wildman–Crippen MR) is 102 cm³/mol. The Hall–Kier alpha value is -2.85. The number of hydrogen-bond donors (Lipinski definition) is 1. The fourth-order valence-corrected chi connectivity index (χ4v) is 4.28. The maximum absolute atomic E-state index is 14.4. The van der Waals surface area contributed by atoms with E-state index in [1.54, 1.807) is 23.7 Å². The number of imidazole rings is 1. The van der Waals surface area contributed by atoms with E-state index < -0.39 is 5.82 Å². The third-order valence-electron chi connectivity index (χ3n) is 4.58. The fourth-order valence-electron chi connectivity index (χ4n) is 3.27. The van der Waals surface area contributed by atoms with Crippen LogP contribution in [0.5, 0.6) is 0 Å². The van der Waals surface area contributed by atoms with Crippen LogP contribution in [0.1, 0.15) is 5.69 Å². The van der Waals surface area contributed by atoms with Gasteiger partial charge in [-0.2, -0.15) is 4.98 Å². The quantitative estimate of drug-likeness (QED) is 0.561. The molecule has 4 aromatic heterocycles. The van der Waals surface area contributed by atoms with Crippen LogP contribution in [0.2, 0.25) is 0 Å². The molecule has 0 saturated carbocycles. The first-order valence-corrected chi connectivity index (χ1v) is 9.41.